The summed E-state index contributed by atoms with van der Waals surface area (Å²) in [6.07, 6.45) is 0. The van der Waals surface area contributed by atoms with Crippen LogP contribution >= 0.6 is 24.8 Å². The van der Waals surface area contributed by atoms with Crippen molar-refractivity contribution < 1.29 is 9.53 Å². The summed E-state index contributed by atoms with van der Waals surface area (Å²) in [6.45, 7) is 0. The van der Waals surface area contributed by atoms with Crippen LogP contribution in [0.5, 0.6) is 0 Å². The van der Waals surface area contributed by atoms with E-state index in [1.54, 1.807) is 0 Å². The van der Waals surface area contributed by atoms with E-state index < -0.39 is 5.97 Å². The van der Waals surface area contributed by atoms with E-state index in [2.05, 4.69) is 14.9 Å². The lowest BCUT2D eigenvalue weighted by atomic mass is 10.4. The van der Waals surface area contributed by atoms with Crippen molar-refractivity contribution in [3.63, 3.8) is 0 Å². The van der Waals surface area contributed by atoms with Gasteiger partial charge in [-0.15, -0.1) is 24.8 Å². The molecule has 0 aromatic carbocycles. The van der Waals surface area contributed by atoms with Crippen molar-refractivity contribution in [1.82, 2.24) is 10.2 Å². The maximum atomic E-state index is 10.7. The molecule has 0 saturated carbocycles. The molecule has 1 aromatic rings. The van der Waals surface area contributed by atoms with E-state index in [0.717, 1.165) is 0 Å². The van der Waals surface area contributed by atoms with Gasteiger partial charge in [0.25, 0.3) is 5.56 Å². The molecule has 0 atom stereocenters. The highest BCUT2D eigenvalue weighted by Crippen LogP contribution is 1.89. The maximum Gasteiger partial charge on any atom is 0.358 e. The van der Waals surface area contributed by atoms with Crippen molar-refractivity contribution in [3.8, 4) is 0 Å². The molecule has 0 amide bonds. The molecular formula is C6H8Cl2N2O3. The Morgan fingerprint density at radius 3 is 2.46 bits per heavy atom. The van der Waals surface area contributed by atoms with Gasteiger partial charge in [0.1, 0.15) is 0 Å². The van der Waals surface area contributed by atoms with Crippen LogP contribution in [0.3, 0.4) is 0 Å². The van der Waals surface area contributed by atoms with Crippen LogP contribution in [0.25, 0.3) is 0 Å². The zero-order valence-corrected chi connectivity index (χ0v) is 8.28. The summed E-state index contributed by atoms with van der Waals surface area (Å²) in [5.74, 6) is -0.568. The lowest BCUT2D eigenvalue weighted by Gasteiger charge is -1.94. The first kappa shape index (κ1) is 14.5. The molecule has 74 valence electrons. The molecule has 1 aromatic heterocycles. The second-order valence-electron chi connectivity index (χ2n) is 1.80. The fourth-order valence-corrected chi connectivity index (χ4v) is 0.563. The van der Waals surface area contributed by atoms with Crippen LogP contribution in [-0.4, -0.2) is 23.3 Å². The Morgan fingerprint density at radius 2 is 2.08 bits per heavy atom. The molecule has 1 heterocycles. The number of halogens is 2. The van der Waals surface area contributed by atoms with Crippen LogP contribution in [0.15, 0.2) is 16.9 Å². The summed E-state index contributed by atoms with van der Waals surface area (Å²) in [6, 6.07) is 2.50. The predicted molar refractivity (Wildman–Crippen MR) is 50.7 cm³/mol. The number of esters is 1. The van der Waals surface area contributed by atoms with Crippen molar-refractivity contribution in [2.75, 3.05) is 7.11 Å². The van der Waals surface area contributed by atoms with Crippen molar-refractivity contribution in [2.24, 2.45) is 0 Å². The molecule has 5 nitrogen and oxygen atoms in total. The Labute approximate surface area is 86.3 Å². The lowest BCUT2D eigenvalue weighted by Crippen LogP contribution is -2.12. The molecule has 0 radical (unpaired) electrons. The number of carbonyl (C=O) groups is 1. The van der Waals surface area contributed by atoms with Crippen molar-refractivity contribution >= 4 is 30.8 Å². The van der Waals surface area contributed by atoms with Gasteiger partial charge in [-0.2, -0.15) is 5.10 Å². The van der Waals surface area contributed by atoms with Crippen molar-refractivity contribution in [2.45, 2.75) is 0 Å². The molecule has 0 aliphatic heterocycles. The molecule has 0 unspecified atom stereocenters. The van der Waals surface area contributed by atoms with Crippen molar-refractivity contribution in [1.29, 1.82) is 0 Å². The predicted octanol–water partition coefficient (Wildman–Crippen LogP) is 0.400. The number of aromatic amines is 1. The van der Waals surface area contributed by atoms with Crippen LogP contribution in [-0.2, 0) is 4.74 Å². The van der Waals surface area contributed by atoms with Gasteiger partial charge in [-0.3, -0.25) is 4.79 Å². The second-order valence-corrected chi connectivity index (χ2v) is 1.80. The fourth-order valence-electron chi connectivity index (χ4n) is 0.563. The molecule has 0 aliphatic carbocycles. The molecule has 0 bridgehead atoms. The normalized spacial score (nSPS) is 7.77. The Hall–Kier alpha value is -1.07. The van der Waals surface area contributed by atoms with Crippen LogP contribution in [0.2, 0.25) is 0 Å². The van der Waals surface area contributed by atoms with Crippen LogP contribution in [0.4, 0.5) is 0 Å². The van der Waals surface area contributed by atoms with Crippen molar-refractivity contribution in [3.05, 3.63) is 28.2 Å². The molecule has 0 spiro atoms. The number of methoxy groups -OCH3 is 1. The van der Waals surface area contributed by atoms with E-state index in [9.17, 15) is 9.59 Å². The van der Waals surface area contributed by atoms with Gasteiger partial charge in [0.05, 0.1) is 7.11 Å². The van der Waals surface area contributed by atoms with Gasteiger partial charge in [0.2, 0.25) is 0 Å². The van der Waals surface area contributed by atoms with Gasteiger partial charge in [0.15, 0.2) is 5.69 Å². The minimum Gasteiger partial charge on any atom is -0.464 e. The lowest BCUT2D eigenvalue weighted by molar-refractivity contribution is 0.0592. The van der Waals surface area contributed by atoms with Crippen LogP contribution in [0.1, 0.15) is 10.5 Å². The Morgan fingerprint density at radius 1 is 1.46 bits per heavy atom. The zero-order chi connectivity index (χ0) is 8.27. The van der Waals surface area contributed by atoms with Gasteiger partial charge >= 0.3 is 5.97 Å². The highest BCUT2D eigenvalue weighted by Gasteiger charge is 2.04. The fraction of sp³-hybridized carbons (Fsp3) is 0.167. The number of ether oxygens (including phenoxy) is 1. The number of hydrogen-bond donors (Lipinski definition) is 1. The van der Waals surface area contributed by atoms with E-state index >= 15 is 0 Å². The van der Waals surface area contributed by atoms with E-state index in [0.29, 0.717) is 0 Å². The number of rotatable bonds is 1. The first-order valence-electron chi connectivity index (χ1n) is 2.88. The van der Waals surface area contributed by atoms with Crippen LogP contribution in [0, 0.1) is 0 Å². The largest absolute Gasteiger partial charge is 0.464 e. The maximum absolute atomic E-state index is 10.7. The summed E-state index contributed by atoms with van der Waals surface area (Å²) in [4.78, 5) is 21.2. The third kappa shape index (κ3) is 3.91. The van der Waals surface area contributed by atoms with Gasteiger partial charge in [-0.1, -0.05) is 0 Å². The average molecular weight is 227 g/mol. The average Bonchev–Trinajstić information content (AvgIpc) is 2.05. The van der Waals surface area contributed by atoms with E-state index in [4.69, 9.17) is 0 Å². The Bertz CT molecular complexity index is 305. The molecule has 13 heavy (non-hydrogen) atoms. The smallest absolute Gasteiger partial charge is 0.358 e. The van der Waals surface area contributed by atoms with Crippen LogP contribution < -0.4 is 5.56 Å². The van der Waals surface area contributed by atoms with E-state index in [-0.39, 0.29) is 36.1 Å². The number of aromatic nitrogens is 2. The summed E-state index contributed by atoms with van der Waals surface area (Å²) < 4.78 is 4.35. The SMILES string of the molecule is COC(=O)c1ccc(=O)[nH]n1.Cl.Cl. The number of hydrogen-bond acceptors (Lipinski definition) is 4. The minimum atomic E-state index is -0.568. The summed E-state index contributed by atoms with van der Waals surface area (Å²) >= 11 is 0. The van der Waals surface area contributed by atoms with Gasteiger partial charge in [-0.05, 0) is 6.07 Å². The Balaban J connectivity index is 0. The number of nitrogens with one attached hydrogen (secondary N) is 1. The topological polar surface area (TPSA) is 72.1 Å². The first-order valence-corrected chi connectivity index (χ1v) is 2.88. The molecule has 0 saturated heterocycles. The number of nitrogens with zero attached hydrogens (tertiary/aromatic N) is 1. The Kier molecular flexibility index (Phi) is 7.17. The van der Waals surface area contributed by atoms with E-state index in [1.165, 1.54) is 19.2 Å². The standard InChI is InChI=1S/C6H6N2O3.2ClH/c1-11-6(10)4-2-3-5(9)8-7-4;;/h2-3H,1H3,(H,8,9);2*1H. The zero-order valence-electron chi connectivity index (χ0n) is 6.64. The van der Waals surface area contributed by atoms with Gasteiger partial charge in [-0.25, -0.2) is 9.89 Å². The molecule has 7 heteroatoms. The molecule has 0 fully saturated rings. The number of H-pyrrole nitrogens is 1. The third-order valence-corrected chi connectivity index (χ3v) is 1.07. The highest BCUT2D eigenvalue weighted by atomic mass is 35.5. The third-order valence-electron chi connectivity index (χ3n) is 1.07. The summed E-state index contributed by atoms with van der Waals surface area (Å²) in [5.41, 5.74) is -0.259. The summed E-state index contributed by atoms with van der Waals surface area (Å²) in [7, 11) is 1.25. The molecular weight excluding hydrogens is 219 g/mol. The first-order chi connectivity index (χ1) is 5.24. The molecule has 1 N–H and O–H groups in total. The van der Waals surface area contributed by atoms with Gasteiger partial charge in [0, 0.05) is 6.07 Å². The minimum absolute atomic E-state index is 0. The molecule has 0 aliphatic rings. The highest BCUT2D eigenvalue weighted by molar-refractivity contribution is 5.86. The summed E-state index contributed by atoms with van der Waals surface area (Å²) in [5, 5.41) is 5.55. The number of carbonyl (C=O) groups excluding carboxylic acids is 1. The molecule has 1 rings (SSSR count). The monoisotopic (exact) mass is 226 g/mol. The van der Waals surface area contributed by atoms with E-state index in [1.807, 2.05) is 0 Å². The quantitative estimate of drug-likeness (QED) is 0.705. The second kappa shape index (κ2) is 6.45. The van der Waals surface area contributed by atoms with Gasteiger partial charge < -0.3 is 4.74 Å².